The smallest absolute Gasteiger partial charge is 0.174 e. The molecule has 1 N–H and O–H groups in total. The molecule has 39 heavy (non-hydrogen) atoms. The number of hydrogen-bond acceptors (Lipinski definition) is 3. The monoisotopic (exact) mass is 538 g/mol. The Labute approximate surface area is 240 Å². The van der Waals surface area contributed by atoms with Crippen LogP contribution in [-0.2, 0) is 9.59 Å². The van der Waals surface area contributed by atoms with Gasteiger partial charge in [0.2, 0.25) is 0 Å². The van der Waals surface area contributed by atoms with E-state index in [1.165, 1.54) is 109 Å². The Morgan fingerprint density at radius 3 is 1.59 bits per heavy atom. The number of unbranched alkanes of at least 4 members (excludes halogenated alkanes) is 18. The van der Waals surface area contributed by atoms with Crippen molar-refractivity contribution in [2.75, 3.05) is 0 Å². The van der Waals surface area contributed by atoms with E-state index in [2.05, 4.69) is 13.5 Å². The molecule has 0 radical (unpaired) electrons. The Kier molecular flexibility index (Phi) is 18.1. The van der Waals surface area contributed by atoms with Gasteiger partial charge in [0.05, 0.1) is 12.0 Å². The second kappa shape index (κ2) is 21.1. The molecule has 0 aromatic heterocycles. The summed E-state index contributed by atoms with van der Waals surface area (Å²) in [6.45, 7) is 6.23. The Bertz CT molecular complexity index is 815. The van der Waals surface area contributed by atoms with E-state index >= 15 is 0 Å². The van der Waals surface area contributed by atoms with E-state index in [9.17, 15) is 14.7 Å². The van der Waals surface area contributed by atoms with Gasteiger partial charge in [-0.2, -0.15) is 0 Å². The zero-order chi connectivity index (χ0) is 28.1. The van der Waals surface area contributed by atoms with E-state index in [4.69, 9.17) is 0 Å². The van der Waals surface area contributed by atoms with Crippen molar-refractivity contribution < 1.29 is 14.7 Å². The maximum atomic E-state index is 12.9. The van der Waals surface area contributed by atoms with Gasteiger partial charge >= 0.3 is 0 Å². The van der Waals surface area contributed by atoms with Gasteiger partial charge in [0.15, 0.2) is 11.6 Å². The summed E-state index contributed by atoms with van der Waals surface area (Å²) in [5.74, 6) is -0.790. The minimum absolute atomic E-state index is 0.0886. The highest BCUT2D eigenvalue weighted by Crippen LogP contribution is 2.32. The van der Waals surface area contributed by atoms with Crippen LogP contribution >= 0.6 is 0 Å². The van der Waals surface area contributed by atoms with Crippen LogP contribution in [0.4, 0.5) is 0 Å². The third kappa shape index (κ3) is 13.9. The quantitative estimate of drug-likeness (QED) is 0.0982. The summed E-state index contributed by atoms with van der Waals surface area (Å²) in [5.41, 5.74) is 2.12. The fourth-order valence-electron chi connectivity index (χ4n) is 6.00. The van der Waals surface area contributed by atoms with Crippen molar-refractivity contribution in [1.29, 1.82) is 0 Å². The Balaban J connectivity index is 1.36. The van der Waals surface area contributed by atoms with Gasteiger partial charge in [-0.05, 0) is 36.5 Å². The molecular weight excluding hydrogens is 480 g/mol. The van der Waals surface area contributed by atoms with Crippen molar-refractivity contribution in [3.8, 4) is 0 Å². The molecule has 3 nitrogen and oxygen atoms in total. The molecule has 0 aromatic rings. The summed E-state index contributed by atoms with van der Waals surface area (Å²) in [7, 11) is 0. The first-order chi connectivity index (χ1) is 19.0. The van der Waals surface area contributed by atoms with Crippen LogP contribution in [0, 0.1) is 5.92 Å². The molecule has 2 rings (SSSR count). The average Bonchev–Trinajstić information content (AvgIpc) is 3.25. The topological polar surface area (TPSA) is 54.4 Å². The summed E-state index contributed by atoms with van der Waals surface area (Å²) in [6, 6.07) is 0. The lowest BCUT2D eigenvalue weighted by atomic mass is 9.87. The number of allylic oxidation sites excluding steroid dienone is 7. The lowest BCUT2D eigenvalue weighted by Gasteiger charge is -2.15. The van der Waals surface area contributed by atoms with Crippen molar-refractivity contribution in [2.24, 2.45) is 5.92 Å². The van der Waals surface area contributed by atoms with Gasteiger partial charge in [0.25, 0.3) is 0 Å². The molecule has 2 aliphatic rings. The number of carbonyl (C=O) groups is 2. The SMILES string of the molecule is C=C1C=CC2=C1C(=O)C(CCCCC(O)CCCCCCCCCCCCCCCCCCCC)C(=O)C=C2. The van der Waals surface area contributed by atoms with Crippen molar-refractivity contribution >= 4 is 11.6 Å². The van der Waals surface area contributed by atoms with Crippen LogP contribution in [-0.4, -0.2) is 22.8 Å². The molecular formula is C36H58O3. The van der Waals surface area contributed by atoms with E-state index in [0.717, 1.165) is 37.7 Å². The van der Waals surface area contributed by atoms with Gasteiger partial charge in [0.1, 0.15) is 0 Å². The summed E-state index contributed by atoms with van der Waals surface area (Å²) in [6.07, 6.45) is 35.2. The summed E-state index contributed by atoms with van der Waals surface area (Å²) < 4.78 is 0. The molecule has 0 aromatic carbocycles. The predicted molar refractivity (Wildman–Crippen MR) is 166 cm³/mol. The molecule has 3 heteroatoms. The van der Waals surface area contributed by atoms with Crippen molar-refractivity contribution in [2.45, 2.75) is 161 Å². The third-order valence-corrected chi connectivity index (χ3v) is 8.58. The van der Waals surface area contributed by atoms with Crippen LogP contribution < -0.4 is 0 Å². The van der Waals surface area contributed by atoms with Crippen molar-refractivity contribution in [3.63, 3.8) is 0 Å². The van der Waals surface area contributed by atoms with E-state index in [1.54, 1.807) is 12.2 Å². The molecule has 0 heterocycles. The second-order valence-electron chi connectivity index (χ2n) is 12.1. The number of ketones is 2. The Morgan fingerprint density at radius 1 is 0.641 bits per heavy atom. The van der Waals surface area contributed by atoms with Crippen LogP contribution in [0.5, 0.6) is 0 Å². The first-order valence-corrected chi connectivity index (χ1v) is 16.6. The number of carbonyl (C=O) groups excluding carboxylic acids is 2. The zero-order valence-electron chi connectivity index (χ0n) is 25.2. The van der Waals surface area contributed by atoms with Gasteiger partial charge < -0.3 is 5.11 Å². The molecule has 2 unspecified atom stereocenters. The highest BCUT2D eigenvalue weighted by molar-refractivity contribution is 6.18. The molecule has 0 saturated carbocycles. The van der Waals surface area contributed by atoms with Crippen LogP contribution in [0.15, 0.2) is 47.6 Å². The molecule has 0 spiro atoms. The van der Waals surface area contributed by atoms with Crippen LogP contribution in [0.25, 0.3) is 0 Å². The number of aliphatic hydroxyl groups excluding tert-OH is 1. The van der Waals surface area contributed by atoms with Gasteiger partial charge in [-0.3, -0.25) is 9.59 Å². The molecule has 0 aliphatic heterocycles. The highest BCUT2D eigenvalue weighted by Gasteiger charge is 2.32. The van der Waals surface area contributed by atoms with Gasteiger partial charge in [-0.15, -0.1) is 0 Å². The first kappa shape index (κ1) is 33.5. The molecule has 2 aliphatic carbocycles. The van der Waals surface area contributed by atoms with Gasteiger partial charge in [0, 0.05) is 5.57 Å². The molecule has 2 atom stereocenters. The van der Waals surface area contributed by atoms with Crippen molar-refractivity contribution in [3.05, 3.63) is 47.6 Å². The van der Waals surface area contributed by atoms with Crippen LogP contribution in [0.2, 0.25) is 0 Å². The maximum absolute atomic E-state index is 12.9. The van der Waals surface area contributed by atoms with Crippen LogP contribution in [0.3, 0.4) is 0 Å². The second-order valence-corrected chi connectivity index (χ2v) is 12.1. The standard InChI is InChI=1S/C36H58O3/c1-3-4-5-6-7-8-9-10-11-12-13-14-15-16-17-18-19-20-23-32(37)24-21-22-25-33-34(38)29-28-31-27-26-30(2)35(31)36(33)39/h26-29,32-33,37H,2-25H2,1H3. The van der Waals surface area contributed by atoms with Crippen LogP contribution in [0.1, 0.15) is 155 Å². The number of Topliss-reactive ketones (excluding diaryl/α,β-unsaturated/α-hetero) is 1. The third-order valence-electron chi connectivity index (χ3n) is 8.58. The summed E-state index contributed by atoms with van der Waals surface area (Å²) >= 11 is 0. The van der Waals surface area contributed by atoms with Gasteiger partial charge in [-0.1, -0.05) is 160 Å². The molecule has 220 valence electrons. The minimum Gasteiger partial charge on any atom is -0.393 e. The van der Waals surface area contributed by atoms with E-state index in [-0.39, 0.29) is 17.7 Å². The van der Waals surface area contributed by atoms with E-state index in [1.807, 2.05) is 12.2 Å². The molecule has 0 fully saturated rings. The Morgan fingerprint density at radius 2 is 1.08 bits per heavy atom. The average molecular weight is 539 g/mol. The fraction of sp³-hybridized carbons (Fsp3) is 0.722. The lowest BCUT2D eigenvalue weighted by molar-refractivity contribution is -0.128. The van der Waals surface area contributed by atoms with E-state index in [0.29, 0.717) is 17.6 Å². The largest absolute Gasteiger partial charge is 0.393 e. The lowest BCUT2D eigenvalue weighted by Crippen LogP contribution is -2.23. The molecule has 0 amide bonds. The highest BCUT2D eigenvalue weighted by atomic mass is 16.3. The first-order valence-electron chi connectivity index (χ1n) is 16.6. The Hall–Kier alpha value is -1.74. The van der Waals surface area contributed by atoms with Crippen molar-refractivity contribution in [1.82, 2.24) is 0 Å². The fourth-order valence-corrected chi connectivity index (χ4v) is 6.00. The number of hydrogen-bond donors (Lipinski definition) is 1. The van der Waals surface area contributed by atoms with E-state index < -0.39 is 5.92 Å². The number of aliphatic hydroxyl groups is 1. The minimum atomic E-state index is -0.600. The summed E-state index contributed by atoms with van der Waals surface area (Å²) in [4.78, 5) is 25.3. The zero-order valence-corrected chi connectivity index (χ0v) is 25.2. The number of rotatable bonds is 24. The molecule has 0 bridgehead atoms. The normalized spacial score (nSPS) is 17.8. The summed E-state index contributed by atoms with van der Waals surface area (Å²) in [5, 5.41) is 10.4. The maximum Gasteiger partial charge on any atom is 0.174 e. The molecule has 0 saturated heterocycles. The predicted octanol–water partition coefficient (Wildman–Crippen LogP) is 10.1. The van der Waals surface area contributed by atoms with Gasteiger partial charge in [-0.25, -0.2) is 0 Å².